The number of guanidine groups is 2. The molecule has 0 aromatic rings. The number of nitrogens with one attached hydrogen (secondary N) is 11. The Kier molecular flexibility index (Phi) is 39.1. The summed E-state index contributed by atoms with van der Waals surface area (Å²) in [6.07, 6.45) is 0.602. The van der Waals surface area contributed by atoms with Crippen LogP contribution in [0.5, 0.6) is 0 Å². The van der Waals surface area contributed by atoms with E-state index in [9.17, 15) is 82.1 Å². The molecule has 0 radical (unpaired) electrons. The van der Waals surface area contributed by atoms with Gasteiger partial charge in [-0.2, -0.15) is 11.8 Å². The van der Waals surface area contributed by atoms with E-state index in [0.717, 1.165) is 0 Å². The summed E-state index contributed by atoms with van der Waals surface area (Å²) in [6, 6.07) is -10.3. The smallest absolute Gasteiger partial charge is 0.303 e. The zero-order chi connectivity index (χ0) is 70.3. The lowest BCUT2D eigenvalue weighted by Crippen LogP contribution is -2.57. The van der Waals surface area contributed by atoms with E-state index in [4.69, 9.17) is 32.8 Å². The van der Waals surface area contributed by atoms with E-state index in [1.165, 1.54) is 30.6 Å². The van der Waals surface area contributed by atoms with Gasteiger partial charge >= 0.3 is 17.9 Å². The van der Waals surface area contributed by atoms with Crippen LogP contribution in [0.1, 0.15) is 111 Å². The van der Waals surface area contributed by atoms with Crippen molar-refractivity contribution in [2.45, 2.75) is 160 Å². The Morgan fingerprint density at radius 2 is 1.04 bits per heavy atom. The third-order valence-electron chi connectivity index (χ3n) is 13.8. The molecule has 1 aliphatic heterocycles. The molecule has 37 nitrogen and oxygen atoms in total. The van der Waals surface area contributed by atoms with Gasteiger partial charge in [0.15, 0.2) is 11.9 Å². The Morgan fingerprint density at radius 1 is 0.548 bits per heavy atom. The van der Waals surface area contributed by atoms with E-state index in [-0.39, 0.29) is 75.5 Å². The maximum absolute atomic E-state index is 14.1. The van der Waals surface area contributed by atoms with Crippen LogP contribution in [0.2, 0.25) is 0 Å². The fourth-order valence-electron chi connectivity index (χ4n) is 8.93. The second kappa shape index (κ2) is 44.4. The number of carbonyl (C=O) groups is 15. The molecule has 38 heteroatoms. The Balaban J connectivity index is 2.84. The van der Waals surface area contributed by atoms with Crippen molar-refractivity contribution in [3.63, 3.8) is 0 Å². The minimum Gasteiger partial charge on any atom is -0.481 e. The van der Waals surface area contributed by atoms with Gasteiger partial charge in [0.05, 0.1) is 19.7 Å². The predicted octanol–water partition coefficient (Wildman–Crippen LogP) is -6.75. The number of aliphatic carboxylic acids is 3. The number of rotatable bonds is 46. The van der Waals surface area contributed by atoms with Gasteiger partial charge in [-0.1, -0.05) is 20.8 Å². The second-order valence-electron chi connectivity index (χ2n) is 22.0. The maximum atomic E-state index is 14.1. The van der Waals surface area contributed by atoms with Crippen LogP contribution in [0.15, 0.2) is 9.98 Å². The molecule has 0 saturated carbocycles. The molecule has 0 spiro atoms. The summed E-state index contributed by atoms with van der Waals surface area (Å²) >= 11 is 1.18. The number of carbonyl (C=O) groups excluding carboxylic acids is 12. The van der Waals surface area contributed by atoms with Crippen LogP contribution in [0.3, 0.4) is 0 Å². The molecule has 0 bridgehead atoms. The highest BCUT2D eigenvalue weighted by atomic mass is 32.2. The molecule has 12 amide bonds. The minimum atomic E-state index is -1.64. The number of hydrogen-bond donors (Lipinski definition) is 18. The summed E-state index contributed by atoms with van der Waals surface area (Å²) in [4.78, 5) is 202. The Labute approximate surface area is 541 Å². The lowest BCUT2D eigenvalue weighted by Gasteiger charge is -2.30. The fourth-order valence-corrected chi connectivity index (χ4v) is 9.49. The molecule has 1 heterocycles. The summed E-state index contributed by atoms with van der Waals surface area (Å²) in [5.74, 6) is -14.2. The van der Waals surface area contributed by atoms with Crippen LogP contribution in [-0.2, 0) is 76.7 Å². The number of amides is 12. The van der Waals surface area contributed by atoms with Crippen LogP contribution in [-0.4, -0.2) is 241 Å². The zero-order valence-electron chi connectivity index (χ0n) is 53.3. The van der Waals surface area contributed by atoms with Crippen LogP contribution < -0.4 is 81.4 Å². The maximum Gasteiger partial charge on any atom is 0.303 e. The first-order valence-electron chi connectivity index (χ1n) is 30.1. The number of hydrogen-bond acceptors (Lipinski definition) is 19. The van der Waals surface area contributed by atoms with Gasteiger partial charge in [0.2, 0.25) is 70.9 Å². The predicted molar refractivity (Wildman–Crippen MR) is 335 cm³/mol. The lowest BCUT2D eigenvalue weighted by atomic mass is 10.0. The van der Waals surface area contributed by atoms with Crippen molar-refractivity contribution in [1.82, 2.24) is 63.4 Å². The van der Waals surface area contributed by atoms with E-state index in [1.54, 1.807) is 13.2 Å². The number of likely N-dealkylation sites (N-methyl/N-ethyl adjacent to an activating group) is 1. The Bertz CT molecular complexity index is 2640. The molecule has 9 atom stereocenters. The SMILES string of the molecule is CNC(=O)[C@@H](CCC(=O)O)NC(=O)[C@@H](CCC(=O)O)NC(=O)[C@@H](CCC(=O)O)NC(=O)COCCNC(=O)CNC(=O)[C@H](C)NC(=O)[C@H](CSC)NC(=O)CNC(=O)[C@H](CC(C)C)NC(=O)[C@@H]1CCCN1C(=O)[C@@H](CCCN=C(N)N)NC(=O)[C@H](C)CCCN=C(N)N. The van der Waals surface area contributed by atoms with Crippen LogP contribution in [0, 0.1) is 11.8 Å². The average Bonchev–Trinajstić information content (AvgIpc) is 1.85. The first kappa shape index (κ1) is 81.9. The van der Waals surface area contributed by atoms with E-state index in [2.05, 4.69) is 68.5 Å². The second-order valence-corrected chi connectivity index (χ2v) is 22.9. The molecule has 1 fully saturated rings. The Hall–Kier alpha value is -9.10. The third kappa shape index (κ3) is 34.8. The number of likely N-dealkylation sites (tertiary alicyclic amines) is 1. The molecule has 0 aromatic heterocycles. The van der Waals surface area contributed by atoms with Crippen LogP contribution in [0.25, 0.3) is 0 Å². The number of carboxylic acid groups (broad SMARTS) is 3. The standard InChI is InChI=1S/C55H94N18O19S/c1-29(2)24-36(72-52(90)38-12-9-22-73(38)53(91)35(11-8-20-63-55(58)59)71-45(83)30(3)10-7-19-62-54(56)57)48(86)65-26-40(75)68-37(28-93-6)51(89)66-31(4)46(84)64-25-39(74)61-21-23-92-27-41(76)67-33(14-17-43(79)80)49(87)70-34(15-18-44(81)82)50(88)69-32(47(85)60-5)13-16-42(77)78/h29-38H,7-28H2,1-6H3,(H,60,85)(H,61,74)(H,64,84)(H,65,86)(H,66,89)(H,67,76)(H,68,75)(H,69,88)(H,70,87)(H,71,83)(H,72,90)(H,77,78)(H,79,80)(H,81,82)(H4,56,57,62)(H4,58,59,63)/t30-,31+,32-,33-,34-,35-,36+,37+,38+/m1/s1. The highest BCUT2D eigenvalue weighted by molar-refractivity contribution is 7.98. The highest BCUT2D eigenvalue weighted by Gasteiger charge is 2.40. The fraction of sp³-hybridized carbons (Fsp3) is 0.691. The number of nitrogens with zero attached hydrogens (tertiary/aromatic N) is 3. The minimum absolute atomic E-state index is 0.0230. The van der Waals surface area contributed by atoms with Crippen LogP contribution >= 0.6 is 11.8 Å². The van der Waals surface area contributed by atoms with E-state index < -0.39 is 195 Å². The van der Waals surface area contributed by atoms with Crippen molar-refractivity contribution < 1.29 is 92.0 Å². The summed E-state index contributed by atoms with van der Waals surface area (Å²) < 4.78 is 5.25. The van der Waals surface area contributed by atoms with Crippen LogP contribution in [0.4, 0.5) is 0 Å². The normalized spacial score (nSPS) is 15.0. The monoisotopic (exact) mass is 1340 g/mol. The quantitative estimate of drug-likeness (QED) is 0.0153. The van der Waals surface area contributed by atoms with Gasteiger partial charge in [0.25, 0.3) is 0 Å². The lowest BCUT2D eigenvalue weighted by molar-refractivity contribution is -0.142. The average molecular weight is 1340 g/mol. The summed E-state index contributed by atoms with van der Waals surface area (Å²) in [7, 11) is 1.22. The molecule has 1 saturated heterocycles. The van der Waals surface area contributed by atoms with Crippen molar-refractivity contribution in [2.24, 2.45) is 44.8 Å². The van der Waals surface area contributed by atoms with Gasteiger partial charge in [-0.3, -0.25) is 81.9 Å². The van der Waals surface area contributed by atoms with Crippen molar-refractivity contribution in [2.75, 3.05) is 71.5 Å². The Morgan fingerprint density at radius 3 is 1.57 bits per heavy atom. The van der Waals surface area contributed by atoms with E-state index in [0.29, 0.717) is 32.2 Å². The first-order chi connectivity index (χ1) is 43.8. The largest absolute Gasteiger partial charge is 0.481 e. The number of ether oxygens (including phenoxy) is 1. The van der Waals surface area contributed by atoms with Crippen molar-refractivity contribution >= 4 is 112 Å². The molecule has 93 heavy (non-hydrogen) atoms. The van der Waals surface area contributed by atoms with Gasteiger partial charge in [0.1, 0.15) is 54.9 Å². The molecule has 524 valence electrons. The van der Waals surface area contributed by atoms with Gasteiger partial charge < -0.3 is 106 Å². The zero-order valence-corrected chi connectivity index (χ0v) is 54.1. The van der Waals surface area contributed by atoms with Crippen molar-refractivity contribution in [1.29, 1.82) is 0 Å². The van der Waals surface area contributed by atoms with E-state index >= 15 is 0 Å². The molecule has 1 rings (SSSR count). The highest BCUT2D eigenvalue weighted by Crippen LogP contribution is 2.21. The number of aliphatic imine (C=N–C) groups is 2. The summed E-state index contributed by atoms with van der Waals surface area (Å²) in [6.45, 7) is 4.82. The molecule has 1 aliphatic rings. The molecule has 0 aromatic carbocycles. The topological polar surface area (TPSA) is 590 Å². The molecule has 0 aliphatic carbocycles. The van der Waals surface area contributed by atoms with Crippen molar-refractivity contribution in [3.8, 4) is 0 Å². The molecule has 0 unspecified atom stereocenters. The van der Waals surface area contributed by atoms with Crippen molar-refractivity contribution in [3.05, 3.63) is 0 Å². The van der Waals surface area contributed by atoms with Gasteiger partial charge in [-0.05, 0) is 83.3 Å². The summed E-state index contributed by atoms with van der Waals surface area (Å²) in [5, 5.41) is 54.3. The number of nitrogens with two attached hydrogens (primary N) is 4. The van der Waals surface area contributed by atoms with Gasteiger partial charge in [-0.25, -0.2) is 0 Å². The number of carboxylic acids is 3. The van der Waals surface area contributed by atoms with Gasteiger partial charge in [-0.15, -0.1) is 0 Å². The molecule has 22 N–H and O–H groups in total. The summed E-state index contributed by atoms with van der Waals surface area (Å²) in [5.41, 5.74) is 21.7. The molecular weight excluding hydrogens is 1250 g/mol. The molecular formula is C55H94N18O19S. The van der Waals surface area contributed by atoms with Gasteiger partial charge in [0, 0.05) is 64.2 Å². The number of thioether (sulfide) groups is 1. The van der Waals surface area contributed by atoms with E-state index in [1.807, 2.05) is 13.8 Å². The first-order valence-corrected chi connectivity index (χ1v) is 31.5. The third-order valence-corrected chi connectivity index (χ3v) is 14.4.